The van der Waals surface area contributed by atoms with Crippen LogP contribution in [-0.4, -0.2) is 43.3 Å². The van der Waals surface area contributed by atoms with Crippen LogP contribution in [0.15, 0.2) is 18.2 Å². The Hall–Kier alpha value is -2.71. The summed E-state index contributed by atoms with van der Waals surface area (Å²) in [4.78, 5) is 35.2. The van der Waals surface area contributed by atoms with E-state index < -0.39 is 47.2 Å². The number of rotatable bonds is 8. The number of methoxy groups -OCH3 is 1. The van der Waals surface area contributed by atoms with Crippen LogP contribution in [0.2, 0.25) is 0 Å². The molecule has 2 amide bonds. The summed E-state index contributed by atoms with van der Waals surface area (Å²) in [5.74, 6) is -3.80. The third-order valence-corrected chi connectivity index (χ3v) is 3.98. The highest BCUT2D eigenvalue weighted by atomic mass is 19.2. The SMILES string of the molecule is COC(=O)[C@H](CC[C@H](CNC(=O)OC(C)(C)C)c1cccc(F)c1F)NC(C)=O. The molecule has 7 nitrogen and oxygen atoms in total. The van der Waals surface area contributed by atoms with Crippen molar-refractivity contribution in [3.8, 4) is 0 Å². The van der Waals surface area contributed by atoms with Gasteiger partial charge < -0.3 is 20.1 Å². The number of nitrogens with one attached hydrogen (secondary N) is 2. The Bertz CT molecular complexity index is 734. The minimum Gasteiger partial charge on any atom is -0.467 e. The summed E-state index contributed by atoms with van der Waals surface area (Å²) in [5.41, 5.74) is -0.669. The Labute approximate surface area is 169 Å². The average Bonchev–Trinajstić information content (AvgIpc) is 2.61. The maximum atomic E-state index is 14.3. The lowest BCUT2D eigenvalue weighted by atomic mass is 9.91. The third kappa shape index (κ3) is 8.45. The molecular formula is C20H28F2N2O5. The van der Waals surface area contributed by atoms with Crippen LogP contribution < -0.4 is 10.6 Å². The van der Waals surface area contributed by atoms with Crippen LogP contribution >= 0.6 is 0 Å². The summed E-state index contributed by atoms with van der Waals surface area (Å²) in [5, 5.41) is 5.00. The highest BCUT2D eigenvalue weighted by Gasteiger charge is 2.25. The summed E-state index contributed by atoms with van der Waals surface area (Å²) in [6, 6.07) is 2.81. The van der Waals surface area contributed by atoms with Crippen molar-refractivity contribution in [2.45, 2.75) is 58.1 Å². The monoisotopic (exact) mass is 414 g/mol. The first-order chi connectivity index (χ1) is 13.4. The maximum absolute atomic E-state index is 14.3. The van der Waals surface area contributed by atoms with E-state index in [0.29, 0.717) is 0 Å². The van der Waals surface area contributed by atoms with Crippen LogP contribution in [0.4, 0.5) is 13.6 Å². The zero-order valence-electron chi connectivity index (χ0n) is 17.3. The van der Waals surface area contributed by atoms with E-state index in [1.807, 2.05) is 0 Å². The highest BCUT2D eigenvalue weighted by molar-refractivity contribution is 5.83. The molecule has 0 spiro atoms. The van der Waals surface area contributed by atoms with Gasteiger partial charge in [0.15, 0.2) is 11.6 Å². The zero-order chi connectivity index (χ0) is 22.2. The van der Waals surface area contributed by atoms with Crippen molar-refractivity contribution in [2.24, 2.45) is 0 Å². The van der Waals surface area contributed by atoms with Crippen LogP contribution in [0.5, 0.6) is 0 Å². The summed E-state index contributed by atoms with van der Waals surface area (Å²) in [6.45, 7) is 6.30. The molecule has 0 aromatic heterocycles. The second-order valence-corrected chi connectivity index (χ2v) is 7.58. The molecule has 9 heteroatoms. The largest absolute Gasteiger partial charge is 0.467 e. The summed E-state index contributed by atoms with van der Waals surface area (Å²) in [6.07, 6.45) is -0.440. The standard InChI is InChI=1S/C20H28F2N2O5/c1-12(25)24-16(18(26)28-5)10-9-13(11-23-19(27)29-20(2,3)4)14-7-6-8-15(21)17(14)22/h6-8,13,16H,9-11H2,1-5H3,(H,23,27)(H,24,25)/t13-,16+/m1/s1. The fraction of sp³-hybridized carbons (Fsp3) is 0.550. The Balaban J connectivity index is 2.98. The van der Waals surface area contributed by atoms with Gasteiger partial charge in [-0.3, -0.25) is 4.79 Å². The summed E-state index contributed by atoms with van der Waals surface area (Å²) in [7, 11) is 1.19. The topological polar surface area (TPSA) is 93.7 Å². The van der Waals surface area contributed by atoms with E-state index in [-0.39, 0.29) is 24.9 Å². The molecule has 162 valence electrons. The normalized spacial score (nSPS) is 13.2. The first-order valence-corrected chi connectivity index (χ1v) is 9.20. The quantitative estimate of drug-likeness (QED) is 0.638. The fourth-order valence-corrected chi connectivity index (χ4v) is 2.73. The van der Waals surface area contributed by atoms with Crippen molar-refractivity contribution < 1.29 is 32.6 Å². The van der Waals surface area contributed by atoms with E-state index in [4.69, 9.17) is 4.74 Å². The number of amides is 2. The Morgan fingerprint density at radius 2 is 1.79 bits per heavy atom. The molecule has 0 aliphatic heterocycles. The molecule has 0 saturated heterocycles. The number of hydrogen-bond donors (Lipinski definition) is 2. The van der Waals surface area contributed by atoms with E-state index in [2.05, 4.69) is 15.4 Å². The van der Waals surface area contributed by atoms with Crippen LogP contribution in [-0.2, 0) is 19.1 Å². The Morgan fingerprint density at radius 1 is 1.14 bits per heavy atom. The summed E-state index contributed by atoms with van der Waals surface area (Å²) >= 11 is 0. The van der Waals surface area contributed by atoms with E-state index >= 15 is 0 Å². The van der Waals surface area contributed by atoms with Crippen LogP contribution in [0.1, 0.15) is 52.0 Å². The third-order valence-electron chi connectivity index (χ3n) is 3.98. The Kier molecular flexibility index (Phi) is 9.00. The second-order valence-electron chi connectivity index (χ2n) is 7.58. The number of esters is 1. The van der Waals surface area contributed by atoms with Gasteiger partial charge in [0.05, 0.1) is 7.11 Å². The molecule has 1 aromatic carbocycles. The highest BCUT2D eigenvalue weighted by Crippen LogP contribution is 2.26. The summed E-state index contributed by atoms with van der Waals surface area (Å²) < 4.78 is 37.9. The van der Waals surface area contributed by atoms with Crippen molar-refractivity contribution >= 4 is 18.0 Å². The van der Waals surface area contributed by atoms with Gasteiger partial charge in [0.2, 0.25) is 5.91 Å². The maximum Gasteiger partial charge on any atom is 0.407 e. The first kappa shape index (κ1) is 24.3. The lowest BCUT2D eigenvalue weighted by molar-refractivity contribution is -0.145. The minimum absolute atomic E-state index is 0.0486. The molecule has 0 aliphatic rings. The molecule has 1 aromatic rings. The molecule has 29 heavy (non-hydrogen) atoms. The lowest BCUT2D eigenvalue weighted by Crippen LogP contribution is -2.41. The van der Waals surface area contributed by atoms with Gasteiger partial charge in [0.1, 0.15) is 11.6 Å². The van der Waals surface area contributed by atoms with Gasteiger partial charge in [-0.25, -0.2) is 18.4 Å². The minimum atomic E-state index is -1.03. The zero-order valence-corrected chi connectivity index (χ0v) is 17.3. The molecule has 0 radical (unpaired) electrons. The van der Waals surface area contributed by atoms with Gasteiger partial charge in [-0.05, 0) is 45.2 Å². The van der Waals surface area contributed by atoms with Crippen molar-refractivity contribution in [3.63, 3.8) is 0 Å². The van der Waals surface area contributed by atoms with Gasteiger partial charge in [-0.15, -0.1) is 0 Å². The molecule has 0 heterocycles. The molecular weight excluding hydrogens is 386 g/mol. The fourth-order valence-electron chi connectivity index (χ4n) is 2.73. The average molecular weight is 414 g/mol. The van der Waals surface area contributed by atoms with Gasteiger partial charge >= 0.3 is 12.1 Å². The van der Waals surface area contributed by atoms with Crippen LogP contribution in [0.3, 0.4) is 0 Å². The van der Waals surface area contributed by atoms with E-state index in [1.54, 1.807) is 20.8 Å². The Morgan fingerprint density at radius 3 is 2.34 bits per heavy atom. The molecule has 0 unspecified atom stereocenters. The number of carbonyl (C=O) groups excluding carboxylic acids is 3. The van der Waals surface area contributed by atoms with Crippen molar-refractivity contribution in [2.75, 3.05) is 13.7 Å². The molecule has 2 N–H and O–H groups in total. The van der Waals surface area contributed by atoms with Crippen molar-refractivity contribution in [3.05, 3.63) is 35.4 Å². The van der Waals surface area contributed by atoms with Gasteiger partial charge in [-0.1, -0.05) is 12.1 Å². The smallest absolute Gasteiger partial charge is 0.407 e. The van der Waals surface area contributed by atoms with Gasteiger partial charge in [0, 0.05) is 19.4 Å². The molecule has 0 aliphatic carbocycles. The second kappa shape index (κ2) is 10.7. The molecule has 0 fully saturated rings. The van der Waals surface area contributed by atoms with E-state index in [0.717, 1.165) is 6.07 Å². The first-order valence-electron chi connectivity index (χ1n) is 9.20. The molecule has 2 atom stereocenters. The van der Waals surface area contributed by atoms with Crippen molar-refractivity contribution in [1.82, 2.24) is 10.6 Å². The molecule has 1 rings (SSSR count). The van der Waals surface area contributed by atoms with Crippen LogP contribution in [0.25, 0.3) is 0 Å². The van der Waals surface area contributed by atoms with Gasteiger partial charge in [0.25, 0.3) is 0 Å². The molecule has 0 saturated carbocycles. The number of hydrogen-bond acceptors (Lipinski definition) is 5. The number of benzene rings is 1. The van der Waals surface area contributed by atoms with Crippen molar-refractivity contribution in [1.29, 1.82) is 0 Å². The number of halogens is 2. The van der Waals surface area contributed by atoms with E-state index in [9.17, 15) is 23.2 Å². The predicted octanol–water partition coefficient (Wildman–Crippen LogP) is 3.03. The predicted molar refractivity (Wildman–Crippen MR) is 102 cm³/mol. The number of alkyl carbamates (subject to hydrolysis) is 1. The van der Waals surface area contributed by atoms with E-state index in [1.165, 1.54) is 26.2 Å². The van der Waals surface area contributed by atoms with Crippen LogP contribution in [0, 0.1) is 11.6 Å². The van der Waals surface area contributed by atoms with Gasteiger partial charge in [-0.2, -0.15) is 0 Å². The molecule has 0 bridgehead atoms. The lowest BCUT2D eigenvalue weighted by Gasteiger charge is -2.24. The number of ether oxygens (including phenoxy) is 2. The number of carbonyl (C=O) groups is 3.